The second-order valence-corrected chi connectivity index (χ2v) is 7.69. The summed E-state index contributed by atoms with van der Waals surface area (Å²) in [5, 5.41) is 6.65. The Kier molecular flexibility index (Phi) is 9.48. The number of halogens is 4. The zero-order valence-electron chi connectivity index (χ0n) is 16.8. The summed E-state index contributed by atoms with van der Waals surface area (Å²) >= 11 is 0. The molecule has 1 aromatic rings. The van der Waals surface area contributed by atoms with Gasteiger partial charge in [0, 0.05) is 45.3 Å². The highest BCUT2D eigenvalue weighted by Gasteiger charge is 2.34. The number of hydrogen-bond acceptors (Lipinski definition) is 3. The lowest BCUT2D eigenvalue weighted by Gasteiger charge is -2.26. The first-order valence-corrected chi connectivity index (χ1v) is 9.97. The zero-order chi connectivity index (χ0) is 20.0. The quantitative estimate of drug-likeness (QED) is 0.341. The minimum absolute atomic E-state index is 0. The minimum atomic E-state index is -4.14. The Morgan fingerprint density at radius 1 is 1.17 bits per heavy atom. The Morgan fingerprint density at radius 3 is 2.62 bits per heavy atom. The number of alkyl halides is 3. The smallest absolute Gasteiger partial charge is 0.355 e. The van der Waals surface area contributed by atoms with Crippen LogP contribution in [0, 0.1) is 0 Å². The minimum Gasteiger partial charge on any atom is -0.355 e. The Hall–Kier alpha value is -1.07. The van der Waals surface area contributed by atoms with Crippen molar-refractivity contribution in [2.45, 2.75) is 44.1 Å². The molecule has 0 bridgehead atoms. The van der Waals surface area contributed by atoms with Crippen molar-refractivity contribution in [3.8, 4) is 0 Å². The predicted molar refractivity (Wildman–Crippen MR) is 121 cm³/mol. The van der Waals surface area contributed by atoms with Crippen molar-refractivity contribution < 1.29 is 13.2 Å². The monoisotopic (exact) mass is 525 g/mol. The summed E-state index contributed by atoms with van der Waals surface area (Å²) in [6, 6.07) is 10.9. The van der Waals surface area contributed by atoms with Crippen molar-refractivity contribution in [2.75, 3.05) is 39.8 Å². The van der Waals surface area contributed by atoms with Crippen LogP contribution in [0.15, 0.2) is 35.3 Å². The van der Waals surface area contributed by atoms with E-state index in [1.165, 1.54) is 16.9 Å². The van der Waals surface area contributed by atoms with E-state index in [-0.39, 0.29) is 30.0 Å². The van der Waals surface area contributed by atoms with Crippen molar-refractivity contribution in [1.29, 1.82) is 0 Å². The molecular formula is C20H31F3IN5. The normalized spacial score (nSPS) is 23.8. The molecule has 164 valence electrons. The van der Waals surface area contributed by atoms with Crippen LogP contribution in [0.2, 0.25) is 0 Å². The van der Waals surface area contributed by atoms with Gasteiger partial charge in [-0.15, -0.1) is 24.0 Å². The van der Waals surface area contributed by atoms with Crippen LogP contribution in [0.1, 0.15) is 24.8 Å². The molecule has 9 heteroatoms. The van der Waals surface area contributed by atoms with Crippen LogP contribution < -0.4 is 10.6 Å². The average molecular weight is 525 g/mol. The second-order valence-electron chi connectivity index (χ2n) is 7.69. The van der Waals surface area contributed by atoms with Crippen molar-refractivity contribution in [2.24, 2.45) is 4.99 Å². The molecule has 3 rings (SSSR count). The Morgan fingerprint density at radius 2 is 1.93 bits per heavy atom. The van der Waals surface area contributed by atoms with Gasteiger partial charge in [0.15, 0.2) is 5.96 Å². The van der Waals surface area contributed by atoms with E-state index >= 15 is 0 Å². The van der Waals surface area contributed by atoms with Crippen LogP contribution in [0.4, 0.5) is 13.2 Å². The number of rotatable bonds is 6. The van der Waals surface area contributed by atoms with Crippen LogP contribution in [0.5, 0.6) is 0 Å². The summed E-state index contributed by atoms with van der Waals surface area (Å²) in [4.78, 5) is 8.19. The molecule has 0 spiro atoms. The Balaban J connectivity index is 0.00000300. The van der Waals surface area contributed by atoms with Gasteiger partial charge in [-0.1, -0.05) is 30.3 Å². The van der Waals surface area contributed by atoms with Crippen molar-refractivity contribution in [1.82, 2.24) is 20.4 Å². The zero-order valence-corrected chi connectivity index (χ0v) is 19.1. The summed E-state index contributed by atoms with van der Waals surface area (Å²) in [7, 11) is 1.70. The van der Waals surface area contributed by atoms with E-state index in [4.69, 9.17) is 0 Å². The first kappa shape index (κ1) is 24.2. The van der Waals surface area contributed by atoms with Gasteiger partial charge in [-0.2, -0.15) is 13.2 Å². The summed E-state index contributed by atoms with van der Waals surface area (Å²) in [6.45, 7) is 2.82. The molecule has 0 amide bonds. The van der Waals surface area contributed by atoms with Gasteiger partial charge in [-0.25, -0.2) is 0 Å². The Bertz CT molecular complexity index is 641. The van der Waals surface area contributed by atoms with Gasteiger partial charge in [0.05, 0.1) is 6.54 Å². The Labute approximate surface area is 188 Å². The van der Waals surface area contributed by atoms with Crippen LogP contribution in [0.3, 0.4) is 0 Å². The van der Waals surface area contributed by atoms with E-state index in [1.54, 1.807) is 7.05 Å². The molecule has 0 saturated carbocycles. The number of benzene rings is 1. The number of nitrogens with zero attached hydrogens (tertiary/aromatic N) is 3. The molecule has 0 aromatic heterocycles. The highest BCUT2D eigenvalue weighted by molar-refractivity contribution is 14.0. The molecule has 2 aliphatic rings. The molecule has 2 saturated heterocycles. The lowest BCUT2D eigenvalue weighted by molar-refractivity contribution is -0.143. The summed E-state index contributed by atoms with van der Waals surface area (Å²) in [5.41, 5.74) is 1.31. The predicted octanol–water partition coefficient (Wildman–Crippen LogP) is 3.07. The van der Waals surface area contributed by atoms with Crippen LogP contribution in [-0.2, 0) is 6.54 Å². The largest absolute Gasteiger partial charge is 0.401 e. The van der Waals surface area contributed by atoms with E-state index in [0.29, 0.717) is 31.5 Å². The van der Waals surface area contributed by atoms with Gasteiger partial charge >= 0.3 is 6.18 Å². The molecule has 2 atom stereocenters. The van der Waals surface area contributed by atoms with E-state index in [0.717, 1.165) is 26.1 Å². The van der Waals surface area contributed by atoms with E-state index in [1.807, 2.05) is 6.07 Å². The molecule has 1 aromatic carbocycles. The van der Waals surface area contributed by atoms with E-state index < -0.39 is 12.7 Å². The molecule has 2 N–H and O–H groups in total. The fourth-order valence-corrected chi connectivity index (χ4v) is 4.10. The summed E-state index contributed by atoms with van der Waals surface area (Å²) < 4.78 is 37.6. The molecule has 29 heavy (non-hydrogen) atoms. The lowest BCUT2D eigenvalue weighted by Crippen LogP contribution is -2.48. The van der Waals surface area contributed by atoms with Crippen LogP contribution >= 0.6 is 24.0 Å². The van der Waals surface area contributed by atoms with Gasteiger partial charge in [-0.3, -0.25) is 14.8 Å². The standard InChI is InChI=1S/C20H30F3N5.HI/c1-24-19(26-17-9-11-27(14-17)15-20(21,22)23)25-12-18-8-5-10-28(18)13-16-6-3-2-4-7-16;/h2-4,6-7,17-18H,5,8-15H2,1H3,(H2,24,25,26);1H. The first-order valence-electron chi connectivity index (χ1n) is 9.97. The number of aliphatic imine (C=N–C) groups is 1. The second kappa shape index (κ2) is 11.4. The third kappa shape index (κ3) is 7.93. The average Bonchev–Trinajstić information content (AvgIpc) is 3.27. The summed E-state index contributed by atoms with van der Waals surface area (Å²) in [6.07, 6.45) is -1.13. The van der Waals surface area contributed by atoms with E-state index in [9.17, 15) is 13.2 Å². The summed E-state index contributed by atoms with van der Waals surface area (Å²) in [5.74, 6) is 0.672. The third-order valence-electron chi connectivity index (χ3n) is 5.47. The maximum absolute atomic E-state index is 12.5. The molecule has 0 radical (unpaired) electrons. The first-order chi connectivity index (χ1) is 13.4. The molecule has 2 unspecified atom stereocenters. The van der Waals surface area contributed by atoms with Gasteiger partial charge in [0.1, 0.15) is 0 Å². The van der Waals surface area contributed by atoms with Gasteiger partial charge in [0.25, 0.3) is 0 Å². The van der Waals surface area contributed by atoms with Crippen molar-refractivity contribution >= 4 is 29.9 Å². The molecule has 2 aliphatic heterocycles. The number of likely N-dealkylation sites (tertiary alicyclic amines) is 2. The maximum atomic E-state index is 12.5. The maximum Gasteiger partial charge on any atom is 0.401 e. The molecule has 0 aliphatic carbocycles. The fraction of sp³-hybridized carbons (Fsp3) is 0.650. The third-order valence-corrected chi connectivity index (χ3v) is 5.47. The number of nitrogens with one attached hydrogen (secondary N) is 2. The molecular weight excluding hydrogens is 494 g/mol. The van der Waals surface area contributed by atoms with Crippen LogP contribution in [0.25, 0.3) is 0 Å². The van der Waals surface area contributed by atoms with Crippen LogP contribution in [-0.4, -0.2) is 73.8 Å². The van der Waals surface area contributed by atoms with Gasteiger partial charge < -0.3 is 10.6 Å². The van der Waals surface area contributed by atoms with E-state index in [2.05, 4.69) is 44.8 Å². The number of guanidine groups is 1. The SMILES string of the molecule is CN=C(NCC1CCCN1Cc1ccccc1)NC1CCN(CC(F)(F)F)C1.I. The fourth-order valence-electron chi connectivity index (χ4n) is 4.10. The highest BCUT2D eigenvalue weighted by atomic mass is 127. The highest BCUT2D eigenvalue weighted by Crippen LogP contribution is 2.21. The number of hydrogen-bond donors (Lipinski definition) is 2. The van der Waals surface area contributed by atoms with Crippen molar-refractivity contribution in [3.63, 3.8) is 0 Å². The molecule has 5 nitrogen and oxygen atoms in total. The van der Waals surface area contributed by atoms with Gasteiger partial charge in [-0.05, 0) is 31.4 Å². The lowest BCUT2D eigenvalue weighted by atomic mass is 10.2. The molecule has 2 fully saturated rings. The van der Waals surface area contributed by atoms with Crippen molar-refractivity contribution in [3.05, 3.63) is 35.9 Å². The van der Waals surface area contributed by atoms with Gasteiger partial charge in [0.2, 0.25) is 0 Å². The topological polar surface area (TPSA) is 42.9 Å². The molecule has 2 heterocycles.